The number of rotatable bonds is 3. The number of hydrogen-bond acceptors (Lipinski definition) is 2. The summed E-state index contributed by atoms with van der Waals surface area (Å²) < 4.78 is 0. The predicted octanol–water partition coefficient (Wildman–Crippen LogP) is 1.23. The van der Waals surface area contributed by atoms with Crippen molar-refractivity contribution in [1.82, 2.24) is 5.32 Å². The summed E-state index contributed by atoms with van der Waals surface area (Å²) in [6.45, 7) is 4.39. The van der Waals surface area contributed by atoms with Crippen LogP contribution in [0.4, 0.5) is 0 Å². The Balaban J connectivity index is 2.26. The third-order valence-electron chi connectivity index (χ3n) is 2.58. The molecule has 14 heavy (non-hydrogen) atoms. The lowest BCUT2D eigenvalue weighted by Gasteiger charge is -2.14. The minimum absolute atomic E-state index is 0.0518. The van der Waals surface area contributed by atoms with Gasteiger partial charge in [0.2, 0.25) is 5.91 Å². The highest BCUT2D eigenvalue weighted by atomic mass is 16.3. The SMILES string of the molecule is CC(C)=CC(=O)NCC1CCCC1O. The molecule has 1 fully saturated rings. The molecule has 2 N–H and O–H groups in total. The molecule has 1 rings (SSSR count). The van der Waals surface area contributed by atoms with Crippen LogP contribution in [0.5, 0.6) is 0 Å². The van der Waals surface area contributed by atoms with E-state index in [0.29, 0.717) is 6.54 Å². The Morgan fingerprint density at radius 1 is 1.50 bits per heavy atom. The summed E-state index contributed by atoms with van der Waals surface area (Å²) in [5.41, 5.74) is 0.995. The summed E-state index contributed by atoms with van der Waals surface area (Å²) in [7, 11) is 0. The second-order valence-electron chi connectivity index (χ2n) is 4.23. The zero-order valence-electron chi connectivity index (χ0n) is 8.92. The summed E-state index contributed by atoms with van der Waals surface area (Å²) >= 11 is 0. The van der Waals surface area contributed by atoms with E-state index in [1.54, 1.807) is 6.08 Å². The zero-order valence-corrected chi connectivity index (χ0v) is 8.92. The number of aliphatic hydroxyl groups is 1. The van der Waals surface area contributed by atoms with Gasteiger partial charge in [-0.15, -0.1) is 0 Å². The fourth-order valence-corrected chi connectivity index (χ4v) is 1.80. The molecule has 80 valence electrons. The van der Waals surface area contributed by atoms with Gasteiger partial charge in [0, 0.05) is 18.5 Å². The first-order valence-electron chi connectivity index (χ1n) is 5.20. The fourth-order valence-electron chi connectivity index (χ4n) is 1.80. The molecule has 3 heteroatoms. The summed E-state index contributed by atoms with van der Waals surface area (Å²) in [6, 6.07) is 0. The molecular formula is C11H19NO2. The molecule has 0 saturated heterocycles. The van der Waals surface area contributed by atoms with Gasteiger partial charge in [0.15, 0.2) is 0 Å². The number of hydrogen-bond donors (Lipinski definition) is 2. The second-order valence-corrected chi connectivity index (χ2v) is 4.23. The summed E-state index contributed by atoms with van der Waals surface area (Å²) in [5, 5.41) is 12.3. The minimum Gasteiger partial charge on any atom is -0.393 e. The smallest absolute Gasteiger partial charge is 0.243 e. The van der Waals surface area contributed by atoms with E-state index in [4.69, 9.17) is 0 Å². The van der Waals surface area contributed by atoms with Gasteiger partial charge in [-0.3, -0.25) is 4.79 Å². The van der Waals surface area contributed by atoms with Crippen molar-refractivity contribution in [2.75, 3.05) is 6.54 Å². The van der Waals surface area contributed by atoms with Crippen molar-refractivity contribution in [3.8, 4) is 0 Å². The second kappa shape index (κ2) is 5.15. The van der Waals surface area contributed by atoms with Crippen LogP contribution < -0.4 is 5.32 Å². The van der Waals surface area contributed by atoms with Crippen LogP contribution >= 0.6 is 0 Å². The first-order valence-corrected chi connectivity index (χ1v) is 5.20. The lowest BCUT2D eigenvalue weighted by atomic mass is 10.1. The average Bonchev–Trinajstić information content (AvgIpc) is 2.46. The predicted molar refractivity (Wildman–Crippen MR) is 55.8 cm³/mol. The molecule has 3 nitrogen and oxygen atoms in total. The van der Waals surface area contributed by atoms with Crippen molar-refractivity contribution in [1.29, 1.82) is 0 Å². The van der Waals surface area contributed by atoms with E-state index in [1.165, 1.54) is 0 Å². The molecule has 1 saturated carbocycles. The maximum Gasteiger partial charge on any atom is 0.243 e. The number of aliphatic hydroxyl groups excluding tert-OH is 1. The molecule has 2 atom stereocenters. The Bertz CT molecular complexity index is 231. The number of allylic oxidation sites excluding steroid dienone is 1. The molecule has 0 spiro atoms. The van der Waals surface area contributed by atoms with Gasteiger partial charge in [-0.25, -0.2) is 0 Å². The Hall–Kier alpha value is -0.830. The van der Waals surface area contributed by atoms with Crippen molar-refractivity contribution >= 4 is 5.91 Å². The maximum absolute atomic E-state index is 11.2. The fraction of sp³-hybridized carbons (Fsp3) is 0.727. The van der Waals surface area contributed by atoms with Crippen LogP contribution in [-0.4, -0.2) is 23.7 Å². The van der Waals surface area contributed by atoms with Crippen LogP contribution in [0.25, 0.3) is 0 Å². The number of carbonyl (C=O) groups is 1. The van der Waals surface area contributed by atoms with E-state index in [2.05, 4.69) is 5.32 Å². The molecule has 0 aromatic rings. The quantitative estimate of drug-likeness (QED) is 0.668. The van der Waals surface area contributed by atoms with Crippen molar-refractivity contribution in [3.63, 3.8) is 0 Å². The summed E-state index contributed by atoms with van der Waals surface area (Å²) in [5.74, 6) is 0.202. The molecule has 1 aliphatic rings. The van der Waals surface area contributed by atoms with Crippen LogP contribution in [0.3, 0.4) is 0 Å². The first kappa shape index (κ1) is 11.2. The number of carbonyl (C=O) groups excluding carboxylic acids is 1. The van der Waals surface area contributed by atoms with Crippen molar-refractivity contribution in [3.05, 3.63) is 11.6 Å². The molecule has 0 radical (unpaired) electrons. The van der Waals surface area contributed by atoms with Gasteiger partial charge < -0.3 is 10.4 Å². The van der Waals surface area contributed by atoms with Gasteiger partial charge in [0.05, 0.1) is 6.10 Å². The summed E-state index contributed by atoms with van der Waals surface area (Å²) in [6.07, 6.45) is 4.34. The Morgan fingerprint density at radius 2 is 2.21 bits per heavy atom. The van der Waals surface area contributed by atoms with Gasteiger partial charge in [0.1, 0.15) is 0 Å². The maximum atomic E-state index is 11.2. The topological polar surface area (TPSA) is 49.3 Å². The van der Waals surface area contributed by atoms with Gasteiger partial charge in [-0.05, 0) is 26.7 Å². The van der Waals surface area contributed by atoms with E-state index in [1.807, 2.05) is 13.8 Å². The Morgan fingerprint density at radius 3 is 2.71 bits per heavy atom. The molecule has 0 aromatic heterocycles. The summed E-state index contributed by atoms with van der Waals surface area (Å²) in [4.78, 5) is 11.2. The van der Waals surface area contributed by atoms with Crippen LogP contribution in [0.15, 0.2) is 11.6 Å². The molecule has 1 aliphatic carbocycles. The lowest BCUT2D eigenvalue weighted by Crippen LogP contribution is -2.31. The highest BCUT2D eigenvalue weighted by Crippen LogP contribution is 2.24. The van der Waals surface area contributed by atoms with Gasteiger partial charge in [-0.1, -0.05) is 12.0 Å². The van der Waals surface area contributed by atoms with Crippen molar-refractivity contribution in [2.45, 2.75) is 39.2 Å². The lowest BCUT2D eigenvalue weighted by molar-refractivity contribution is -0.116. The minimum atomic E-state index is -0.220. The van der Waals surface area contributed by atoms with Crippen LogP contribution in [0.2, 0.25) is 0 Å². The molecule has 0 bridgehead atoms. The van der Waals surface area contributed by atoms with Crippen molar-refractivity contribution in [2.24, 2.45) is 5.92 Å². The van der Waals surface area contributed by atoms with Gasteiger partial charge in [0.25, 0.3) is 0 Å². The standard InChI is InChI=1S/C11H19NO2/c1-8(2)6-11(14)12-7-9-4-3-5-10(9)13/h6,9-10,13H,3-5,7H2,1-2H3,(H,12,14). The van der Waals surface area contributed by atoms with E-state index >= 15 is 0 Å². The number of nitrogens with one attached hydrogen (secondary N) is 1. The molecule has 0 aliphatic heterocycles. The molecular weight excluding hydrogens is 178 g/mol. The van der Waals surface area contributed by atoms with Crippen LogP contribution in [-0.2, 0) is 4.79 Å². The molecule has 0 aromatic carbocycles. The van der Waals surface area contributed by atoms with Crippen LogP contribution in [0.1, 0.15) is 33.1 Å². The van der Waals surface area contributed by atoms with Gasteiger partial charge >= 0.3 is 0 Å². The molecule has 1 amide bonds. The zero-order chi connectivity index (χ0) is 10.6. The third kappa shape index (κ3) is 3.50. The third-order valence-corrected chi connectivity index (χ3v) is 2.58. The van der Waals surface area contributed by atoms with E-state index in [9.17, 15) is 9.90 Å². The monoisotopic (exact) mass is 197 g/mol. The largest absolute Gasteiger partial charge is 0.393 e. The van der Waals surface area contributed by atoms with Crippen LogP contribution in [0, 0.1) is 5.92 Å². The van der Waals surface area contributed by atoms with E-state index in [-0.39, 0.29) is 17.9 Å². The number of amides is 1. The van der Waals surface area contributed by atoms with Crippen molar-refractivity contribution < 1.29 is 9.90 Å². The highest BCUT2D eigenvalue weighted by Gasteiger charge is 2.24. The van der Waals surface area contributed by atoms with E-state index < -0.39 is 0 Å². The normalized spacial score (nSPS) is 25.9. The highest BCUT2D eigenvalue weighted by molar-refractivity contribution is 5.87. The molecule has 2 unspecified atom stereocenters. The molecule has 0 heterocycles. The first-order chi connectivity index (χ1) is 6.59. The average molecular weight is 197 g/mol. The van der Waals surface area contributed by atoms with Gasteiger partial charge in [-0.2, -0.15) is 0 Å². The van der Waals surface area contributed by atoms with E-state index in [0.717, 1.165) is 24.8 Å². The Labute approximate surface area is 85.2 Å². The Kier molecular flexibility index (Phi) is 4.14.